The Morgan fingerprint density at radius 3 is 2.93 bits per heavy atom. The average Bonchev–Trinajstić information content (AvgIpc) is 2.68. The first-order valence-corrected chi connectivity index (χ1v) is 5.26. The van der Waals surface area contributed by atoms with Crippen LogP contribution in [0.5, 0.6) is 0 Å². The molecule has 2 atom stereocenters. The van der Waals surface area contributed by atoms with Crippen molar-refractivity contribution in [1.82, 2.24) is 10.2 Å². The number of carbonyl (C=O) groups is 1. The van der Waals surface area contributed by atoms with E-state index in [1.165, 1.54) is 0 Å². The third kappa shape index (κ3) is 2.69. The van der Waals surface area contributed by atoms with Gasteiger partial charge in [-0.1, -0.05) is 0 Å². The minimum absolute atomic E-state index is 0.123. The molecule has 4 nitrogen and oxygen atoms in total. The zero-order valence-corrected chi connectivity index (χ0v) is 9.25. The van der Waals surface area contributed by atoms with Crippen LogP contribution >= 0.6 is 0 Å². The average molecular weight is 200 g/mol. The van der Waals surface area contributed by atoms with E-state index in [0.717, 1.165) is 19.5 Å². The molecule has 0 aliphatic carbocycles. The summed E-state index contributed by atoms with van der Waals surface area (Å²) in [6, 6.07) is 0.328. The molecule has 14 heavy (non-hydrogen) atoms. The van der Waals surface area contributed by atoms with Gasteiger partial charge in [-0.3, -0.25) is 9.69 Å². The van der Waals surface area contributed by atoms with Crippen LogP contribution in [0.1, 0.15) is 20.3 Å². The molecule has 1 aliphatic heterocycles. The molecule has 0 amide bonds. The van der Waals surface area contributed by atoms with Gasteiger partial charge >= 0.3 is 5.97 Å². The normalized spacial score (nSPS) is 23.9. The number of likely N-dealkylation sites (N-methyl/N-ethyl adjacent to an activating group) is 1. The van der Waals surface area contributed by atoms with Crippen LogP contribution in [0.2, 0.25) is 0 Å². The maximum absolute atomic E-state index is 11.5. The Morgan fingerprint density at radius 2 is 2.43 bits per heavy atom. The third-order valence-electron chi connectivity index (χ3n) is 2.85. The monoisotopic (exact) mass is 200 g/mol. The van der Waals surface area contributed by atoms with Gasteiger partial charge in [-0.2, -0.15) is 0 Å². The van der Waals surface area contributed by atoms with Crippen molar-refractivity contribution in [1.29, 1.82) is 0 Å². The van der Waals surface area contributed by atoms with Gasteiger partial charge < -0.3 is 10.1 Å². The number of hydrogen-bond acceptors (Lipinski definition) is 4. The highest BCUT2D eigenvalue weighted by Crippen LogP contribution is 2.10. The zero-order valence-electron chi connectivity index (χ0n) is 9.25. The second kappa shape index (κ2) is 5.32. The molecule has 1 heterocycles. The van der Waals surface area contributed by atoms with E-state index < -0.39 is 0 Å². The fraction of sp³-hybridized carbons (Fsp3) is 0.900. The van der Waals surface area contributed by atoms with Crippen LogP contribution in [0, 0.1) is 0 Å². The summed E-state index contributed by atoms with van der Waals surface area (Å²) in [5.41, 5.74) is 0. The standard InChI is InChI=1S/C10H20N2O2/c1-4-14-10(13)8(2)12(3)9-5-6-11-7-9/h8-9,11H,4-7H2,1-3H3. The van der Waals surface area contributed by atoms with Gasteiger partial charge in [0.15, 0.2) is 0 Å². The van der Waals surface area contributed by atoms with Crippen molar-refractivity contribution in [2.75, 3.05) is 26.7 Å². The lowest BCUT2D eigenvalue weighted by Crippen LogP contribution is -2.44. The molecule has 0 spiro atoms. The van der Waals surface area contributed by atoms with Gasteiger partial charge in [-0.25, -0.2) is 0 Å². The largest absolute Gasteiger partial charge is 0.465 e. The van der Waals surface area contributed by atoms with Crippen molar-refractivity contribution in [2.24, 2.45) is 0 Å². The minimum atomic E-state index is -0.139. The smallest absolute Gasteiger partial charge is 0.323 e. The number of nitrogens with one attached hydrogen (secondary N) is 1. The molecule has 82 valence electrons. The lowest BCUT2D eigenvalue weighted by Gasteiger charge is -2.28. The fourth-order valence-electron chi connectivity index (χ4n) is 1.73. The summed E-state index contributed by atoms with van der Waals surface area (Å²) in [4.78, 5) is 13.6. The molecule has 0 radical (unpaired) electrons. The van der Waals surface area contributed by atoms with Crippen molar-refractivity contribution in [2.45, 2.75) is 32.4 Å². The molecule has 1 fully saturated rings. The number of carbonyl (C=O) groups excluding carboxylic acids is 1. The Labute approximate surface area is 85.6 Å². The van der Waals surface area contributed by atoms with Gasteiger partial charge in [-0.15, -0.1) is 0 Å². The highest BCUT2D eigenvalue weighted by atomic mass is 16.5. The Kier molecular flexibility index (Phi) is 4.35. The summed E-state index contributed by atoms with van der Waals surface area (Å²) >= 11 is 0. The second-order valence-corrected chi connectivity index (χ2v) is 3.74. The summed E-state index contributed by atoms with van der Waals surface area (Å²) < 4.78 is 4.98. The summed E-state index contributed by atoms with van der Waals surface area (Å²) in [5.74, 6) is -0.123. The maximum atomic E-state index is 11.5. The van der Waals surface area contributed by atoms with Crippen LogP contribution in [-0.2, 0) is 9.53 Å². The number of rotatable bonds is 4. The predicted molar refractivity (Wildman–Crippen MR) is 55.1 cm³/mol. The van der Waals surface area contributed by atoms with E-state index in [-0.39, 0.29) is 12.0 Å². The molecular weight excluding hydrogens is 180 g/mol. The Hall–Kier alpha value is -0.610. The van der Waals surface area contributed by atoms with E-state index in [1.807, 2.05) is 20.9 Å². The number of ether oxygens (including phenoxy) is 1. The molecule has 1 saturated heterocycles. The van der Waals surface area contributed by atoms with E-state index >= 15 is 0 Å². The molecule has 0 aromatic rings. The molecule has 2 unspecified atom stereocenters. The highest BCUT2D eigenvalue weighted by Gasteiger charge is 2.27. The van der Waals surface area contributed by atoms with E-state index in [4.69, 9.17) is 4.74 Å². The van der Waals surface area contributed by atoms with Crippen LogP contribution < -0.4 is 5.32 Å². The lowest BCUT2D eigenvalue weighted by molar-refractivity contribution is -0.149. The Balaban J connectivity index is 2.41. The first kappa shape index (κ1) is 11.5. The second-order valence-electron chi connectivity index (χ2n) is 3.74. The van der Waals surface area contributed by atoms with Crippen molar-refractivity contribution in [3.63, 3.8) is 0 Å². The van der Waals surface area contributed by atoms with Gasteiger partial charge in [0.05, 0.1) is 6.61 Å². The molecule has 0 aromatic carbocycles. The minimum Gasteiger partial charge on any atom is -0.465 e. The van der Waals surface area contributed by atoms with Crippen molar-refractivity contribution >= 4 is 5.97 Å². The van der Waals surface area contributed by atoms with Gasteiger partial charge in [-0.05, 0) is 33.9 Å². The SMILES string of the molecule is CCOC(=O)C(C)N(C)C1CCNC1. The highest BCUT2D eigenvalue weighted by molar-refractivity contribution is 5.75. The third-order valence-corrected chi connectivity index (χ3v) is 2.85. The van der Waals surface area contributed by atoms with Crippen LogP contribution in [0.25, 0.3) is 0 Å². The van der Waals surface area contributed by atoms with Gasteiger partial charge in [0.2, 0.25) is 0 Å². The molecule has 4 heteroatoms. The van der Waals surface area contributed by atoms with E-state index in [2.05, 4.69) is 10.2 Å². The Bertz CT molecular complexity index is 191. The van der Waals surface area contributed by atoms with Gasteiger partial charge in [0, 0.05) is 12.6 Å². The topological polar surface area (TPSA) is 41.6 Å². The maximum Gasteiger partial charge on any atom is 0.323 e. The molecule has 0 saturated carbocycles. The number of esters is 1. The van der Waals surface area contributed by atoms with Gasteiger partial charge in [0.1, 0.15) is 6.04 Å². The van der Waals surface area contributed by atoms with Crippen molar-refractivity contribution < 1.29 is 9.53 Å². The molecule has 0 bridgehead atoms. The van der Waals surface area contributed by atoms with E-state index in [0.29, 0.717) is 12.6 Å². The van der Waals surface area contributed by atoms with Gasteiger partial charge in [0.25, 0.3) is 0 Å². The van der Waals surface area contributed by atoms with E-state index in [1.54, 1.807) is 0 Å². The van der Waals surface area contributed by atoms with Crippen molar-refractivity contribution in [3.05, 3.63) is 0 Å². The molecular formula is C10H20N2O2. The zero-order chi connectivity index (χ0) is 10.6. The summed E-state index contributed by atoms with van der Waals surface area (Å²) in [5, 5.41) is 3.29. The number of nitrogens with zero attached hydrogens (tertiary/aromatic N) is 1. The first-order chi connectivity index (χ1) is 6.66. The molecule has 0 aromatic heterocycles. The molecule has 1 rings (SSSR count). The lowest BCUT2D eigenvalue weighted by atomic mass is 10.2. The molecule has 1 N–H and O–H groups in total. The quantitative estimate of drug-likeness (QED) is 0.660. The van der Waals surface area contributed by atoms with E-state index in [9.17, 15) is 4.79 Å². The summed E-state index contributed by atoms with van der Waals surface area (Å²) in [7, 11) is 1.99. The van der Waals surface area contributed by atoms with Crippen LogP contribution in [0.3, 0.4) is 0 Å². The molecule has 1 aliphatic rings. The van der Waals surface area contributed by atoms with Crippen LogP contribution in [0.4, 0.5) is 0 Å². The predicted octanol–water partition coefficient (Wildman–Crippen LogP) is 0.232. The first-order valence-electron chi connectivity index (χ1n) is 5.26. The number of hydrogen-bond donors (Lipinski definition) is 1. The summed E-state index contributed by atoms with van der Waals surface area (Å²) in [6.07, 6.45) is 1.11. The summed E-state index contributed by atoms with van der Waals surface area (Å²) in [6.45, 7) is 6.21. The van der Waals surface area contributed by atoms with Crippen molar-refractivity contribution in [3.8, 4) is 0 Å². The Morgan fingerprint density at radius 1 is 1.71 bits per heavy atom. The van der Waals surface area contributed by atoms with Crippen LogP contribution in [-0.4, -0.2) is 49.7 Å². The fourth-order valence-corrected chi connectivity index (χ4v) is 1.73. The van der Waals surface area contributed by atoms with Crippen LogP contribution in [0.15, 0.2) is 0 Å².